The molecule has 0 aliphatic carbocycles. The average molecular weight is 529 g/mol. The van der Waals surface area contributed by atoms with Gasteiger partial charge in [-0.05, 0) is 54.1 Å². The number of carbonyl (C=O) groups is 1. The molecule has 2 atom stereocenters. The lowest BCUT2D eigenvalue weighted by Crippen LogP contribution is -2.18. The van der Waals surface area contributed by atoms with Crippen molar-refractivity contribution in [3.63, 3.8) is 0 Å². The molecule has 0 spiro atoms. The number of ether oxygens (including phenoxy) is 3. The Kier molecular flexibility index (Phi) is 7.41. The first kappa shape index (κ1) is 25.7. The van der Waals surface area contributed by atoms with E-state index in [0.717, 1.165) is 12.0 Å². The Labute approximate surface area is 224 Å². The van der Waals surface area contributed by atoms with Crippen LogP contribution in [0.5, 0.6) is 11.5 Å². The highest BCUT2D eigenvalue weighted by Crippen LogP contribution is 2.34. The number of amidine groups is 1. The monoisotopic (exact) mass is 528 g/mol. The van der Waals surface area contributed by atoms with Crippen molar-refractivity contribution >= 4 is 17.8 Å². The van der Waals surface area contributed by atoms with E-state index in [-0.39, 0.29) is 11.9 Å². The number of nitrogen functional groups attached to an aromatic ring is 1. The van der Waals surface area contributed by atoms with Gasteiger partial charge in [0.1, 0.15) is 18.0 Å². The summed E-state index contributed by atoms with van der Waals surface area (Å²) in [5.41, 5.74) is 7.83. The molecule has 1 aliphatic heterocycles. The number of hydrogen-bond acceptors (Lipinski definition) is 8. The van der Waals surface area contributed by atoms with Gasteiger partial charge >= 0.3 is 5.69 Å². The molecule has 1 saturated heterocycles. The zero-order valence-corrected chi connectivity index (χ0v) is 21.2. The van der Waals surface area contributed by atoms with E-state index >= 15 is 0 Å². The van der Waals surface area contributed by atoms with Crippen LogP contribution in [0.3, 0.4) is 0 Å². The second-order valence-corrected chi connectivity index (χ2v) is 8.99. The molecule has 11 heteroatoms. The van der Waals surface area contributed by atoms with Gasteiger partial charge in [0.2, 0.25) is 0 Å². The third-order valence-corrected chi connectivity index (χ3v) is 6.41. The summed E-state index contributed by atoms with van der Waals surface area (Å²) >= 11 is 0. The van der Waals surface area contributed by atoms with E-state index in [1.54, 1.807) is 55.6 Å². The number of methoxy groups -OCH3 is 1. The Balaban J connectivity index is 1.55. The molecular formula is C28H28N6O5. The summed E-state index contributed by atoms with van der Waals surface area (Å²) < 4.78 is 18.3. The lowest BCUT2D eigenvalue weighted by Gasteiger charge is -2.21. The van der Waals surface area contributed by atoms with Crippen LogP contribution in [-0.4, -0.2) is 53.3 Å². The Morgan fingerprint density at radius 3 is 2.69 bits per heavy atom. The third kappa shape index (κ3) is 5.53. The number of hydrogen-bond donors (Lipinski definition) is 4. The van der Waals surface area contributed by atoms with Gasteiger partial charge in [-0.1, -0.05) is 18.2 Å². The zero-order valence-electron chi connectivity index (χ0n) is 21.2. The number of nitrogens with zero attached hydrogens (tertiary/aromatic N) is 2. The van der Waals surface area contributed by atoms with E-state index in [0.29, 0.717) is 59.3 Å². The van der Waals surface area contributed by atoms with Gasteiger partial charge in [-0.15, -0.1) is 5.10 Å². The Morgan fingerprint density at radius 2 is 2.00 bits per heavy atom. The van der Waals surface area contributed by atoms with Crippen molar-refractivity contribution in [2.24, 2.45) is 5.73 Å². The maximum absolute atomic E-state index is 13.0. The lowest BCUT2D eigenvalue weighted by atomic mass is 10.0. The third-order valence-electron chi connectivity index (χ3n) is 6.41. The average Bonchev–Trinajstić information content (AvgIpc) is 3.61. The number of benzene rings is 3. The van der Waals surface area contributed by atoms with Crippen molar-refractivity contribution in [3.05, 3.63) is 99.7 Å². The summed E-state index contributed by atoms with van der Waals surface area (Å²) in [6.45, 7) is 1.18. The van der Waals surface area contributed by atoms with Gasteiger partial charge in [-0.2, -0.15) is 4.68 Å². The van der Waals surface area contributed by atoms with E-state index in [1.807, 2.05) is 18.2 Å². The number of nitrogens with two attached hydrogens (primary N) is 1. The summed E-state index contributed by atoms with van der Waals surface area (Å²) in [6.07, 6.45) is 1.43. The molecular weight excluding hydrogens is 500 g/mol. The van der Waals surface area contributed by atoms with Crippen LogP contribution in [0.4, 0.5) is 5.69 Å². The van der Waals surface area contributed by atoms with Crippen LogP contribution in [0.25, 0.3) is 5.69 Å². The fraction of sp³-hybridized carbons (Fsp3) is 0.214. The standard InChI is InChI=1S/C28H28N6O5/c1-37-24-14-18(8-11-23(24)39-21-12-13-38-16-21)25(31-20-9-6-17(7-10-20)26(29)30)27-32-28(36)34(33-27)22-5-3-2-4-19(22)15-35/h2-11,14-15,21,25,31H,12-13,16H2,1H3,(H3,29,30)(H,32,33,36). The highest BCUT2D eigenvalue weighted by atomic mass is 16.6. The number of aromatic nitrogens is 3. The summed E-state index contributed by atoms with van der Waals surface area (Å²) in [6, 6.07) is 18.6. The highest BCUT2D eigenvalue weighted by Gasteiger charge is 2.24. The summed E-state index contributed by atoms with van der Waals surface area (Å²) in [7, 11) is 1.56. The number of nitrogens with one attached hydrogen (secondary N) is 3. The maximum atomic E-state index is 13.0. The van der Waals surface area contributed by atoms with E-state index < -0.39 is 11.7 Å². The van der Waals surface area contributed by atoms with E-state index in [2.05, 4.69) is 15.4 Å². The van der Waals surface area contributed by atoms with Crippen LogP contribution in [0, 0.1) is 5.41 Å². The van der Waals surface area contributed by atoms with E-state index in [4.69, 9.17) is 25.4 Å². The van der Waals surface area contributed by atoms with Crippen molar-refractivity contribution in [2.75, 3.05) is 25.6 Å². The van der Waals surface area contributed by atoms with E-state index in [1.165, 1.54) is 4.68 Å². The fourth-order valence-electron chi connectivity index (χ4n) is 4.38. The zero-order chi connectivity index (χ0) is 27.4. The molecule has 1 fully saturated rings. The SMILES string of the molecule is COc1cc(C(Nc2ccc(C(=N)N)cc2)c2nn(-c3ccccc3C=O)c(=O)[nH]2)ccc1OC1CCOC1. The highest BCUT2D eigenvalue weighted by molar-refractivity contribution is 5.95. The quantitative estimate of drug-likeness (QED) is 0.139. The number of aromatic amines is 1. The first-order valence-electron chi connectivity index (χ1n) is 12.3. The van der Waals surface area contributed by atoms with Crippen molar-refractivity contribution in [2.45, 2.75) is 18.6 Å². The van der Waals surface area contributed by atoms with Gasteiger partial charge in [0, 0.05) is 23.2 Å². The largest absolute Gasteiger partial charge is 0.493 e. The predicted octanol–water partition coefficient (Wildman–Crippen LogP) is 3.03. The van der Waals surface area contributed by atoms with Gasteiger partial charge in [-0.25, -0.2) is 4.79 Å². The Bertz CT molecular complexity index is 1540. The minimum atomic E-state index is -0.622. The van der Waals surface area contributed by atoms with E-state index in [9.17, 15) is 9.59 Å². The van der Waals surface area contributed by atoms with Crippen molar-refractivity contribution in [3.8, 4) is 17.2 Å². The molecule has 0 radical (unpaired) electrons. The smallest absolute Gasteiger partial charge is 0.348 e. The topological polar surface area (TPSA) is 157 Å². The van der Waals surface area contributed by atoms with Crippen LogP contribution in [0.15, 0.2) is 71.5 Å². The molecule has 39 heavy (non-hydrogen) atoms. The second-order valence-electron chi connectivity index (χ2n) is 8.99. The summed E-state index contributed by atoms with van der Waals surface area (Å²) in [5, 5.41) is 15.6. The van der Waals surface area contributed by atoms with Gasteiger partial charge in [0.15, 0.2) is 23.6 Å². The summed E-state index contributed by atoms with van der Waals surface area (Å²) in [5.74, 6) is 1.38. The molecule has 0 saturated carbocycles. The second kappa shape index (κ2) is 11.2. The molecule has 2 heterocycles. The number of rotatable bonds is 10. The molecule has 2 unspecified atom stereocenters. The minimum absolute atomic E-state index is 0.0389. The number of para-hydroxylation sites is 1. The Hall–Kier alpha value is -4.90. The first-order chi connectivity index (χ1) is 19.0. The Morgan fingerprint density at radius 1 is 1.21 bits per heavy atom. The van der Waals surface area contributed by atoms with Crippen molar-refractivity contribution < 1.29 is 19.0 Å². The molecule has 0 bridgehead atoms. The van der Waals surface area contributed by atoms with Gasteiger partial charge in [0.25, 0.3) is 0 Å². The van der Waals surface area contributed by atoms with Crippen LogP contribution in [0.2, 0.25) is 0 Å². The van der Waals surface area contributed by atoms with Gasteiger partial charge < -0.3 is 25.3 Å². The molecule has 11 nitrogen and oxygen atoms in total. The number of H-pyrrole nitrogens is 1. The number of carbonyl (C=O) groups excluding carboxylic acids is 1. The molecule has 5 N–H and O–H groups in total. The van der Waals surface area contributed by atoms with Crippen LogP contribution in [0.1, 0.15) is 39.8 Å². The number of aldehydes is 1. The molecule has 5 rings (SSSR count). The normalized spacial score (nSPS) is 15.5. The fourth-order valence-corrected chi connectivity index (χ4v) is 4.38. The van der Waals surface area contributed by atoms with Crippen molar-refractivity contribution in [1.82, 2.24) is 14.8 Å². The molecule has 4 aromatic rings. The van der Waals surface area contributed by atoms with Crippen molar-refractivity contribution in [1.29, 1.82) is 5.41 Å². The molecule has 1 aliphatic rings. The molecule has 0 amide bonds. The van der Waals surface area contributed by atoms with Gasteiger partial charge in [0.05, 0.1) is 26.0 Å². The lowest BCUT2D eigenvalue weighted by molar-refractivity contribution is 0.112. The summed E-state index contributed by atoms with van der Waals surface area (Å²) in [4.78, 5) is 27.4. The van der Waals surface area contributed by atoms with Gasteiger partial charge in [-0.3, -0.25) is 15.2 Å². The number of anilines is 1. The minimum Gasteiger partial charge on any atom is -0.493 e. The first-order valence-corrected chi connectivity index (χ1v) is 12.3. The van der Waals surface area contributed by atoms with Crippen LogP contribution in [-0.2, 0) is 4.74 Å². The molecule has 3 aromatic carbocycles. The molecule has 200 valence electrons. The van der Waals surface area contributed by atoms with Crippen LogP contribution >= 0.6 is 0 Å². The van der Waals surface area contributed by atoms with Crippen LogP contribution < -0.4 is 26.2 Å². The maximum Gasteiger partial charge on any atom is 0.348 e. The molecule has 1 aromatic heterocycles. The predicted molar refractivity (Wildman–Crippen MR) is 145 cm³/mol.